The van der Waals surface area contributed by atoms with Crippen LogP contribution in [-0.4, -0.2) is 36.0 Å². The van der Waals surface area contributed by atoms with Crippen molar-refractivity contribution < 1.29 is 28.8 Å². The predicted molar refractivity (Wildman–Crippen MR) is 129 cm³/mol. The Kier molecular flexibility index (Phi) is 7.98. The molecule has 2 aromatic rings. The van der Waals surface area contributed by atoms with Gasteiger partial charge in [0.2, 0.25) is 0 Å². The first-order valence-electron chi connectivity index (χ1n) is 11.0. The van der Waals surface area contributed by atoms with Crippen molar-refractivity contribution in [3.05, 3.63) is 75.9 Å². The van der Waals surface area contributed by atoms with Gasteiger partial charge in [0, 0.05) is 17.7 Å². The number of hydrogen-bond acceptors (Lipinski definition) is 7. The second kappa shape index (κ2) is 11.1. The third-order valence-electron chi connectivity index (χ3n) is 4.98. The number of nitro benzene ring substituents is 1. The maximum absolute atomic E-state index is 13.2. The number of ether oxygens (including phenoxy) is 2. The van der Waals surface area contributed by atoms with Crippen molar-refractivity contribution in [2.75, 3.05) is 18.1 Å². The summed E-state index contributed by atoms with van der Waals surface area (Å²) in [5.41, 5.74) is 0.572. The highest BCUT2D eigenvalue weighted by Crippen LogP contribution is 2.35. The molecule has 35 heavy (non-hydrogen) atoms. The van der Waals surface area contributed by atoms with Crippen LogP contribution in [0.2, 0.25) is 0 Å². The molecule has 0 atom stereocenters. The summed E-state index contributed by atoms with van der Waals surface area (Å²) in [7, 11) is 0. The predicted octanol–water partition coefficient (Wildman–Crippen LogP) is 4.18. The monoisotopic (exact) mass is 479 g/mol. The standard InChI is InChI=1S/C25H25N3O7/c1-4-8-17-12-16(14-21(34-6-3)22(17)35-11-5-2)13-20-23(29)26-25(31)27(24(20)30)18-9-7-10-19(15-18)28(32)33/h4,7,9-10,12-15H,1,5-6,8,11H2,2-3H3,(H,26,29,31)/b20-13+. The molecule has 0 spiro atoms. The summed E-state index contributed by atoms with van der Waals surface area (Å²) in [4.78, 5) is 49.4. The maximum atomic E-state index is 13.2. The van der Waals surface area contributed by atoms with E-state index in [4.69, 9.17) is 9.47 Å². The van der Waals surface area contributed by atoms with Crippen LogP contribution in [-0.2, 0) is 16.0 Å². The van der Waals surface area contributed by atoms with Gasteiger partial charge in [0.1, 0.15) is 5.57 Å². The molecular weight excluding hydrogens is 454 g/mol. The van der Waals surface area contributed by atoms with E-state index in [2.05, 4.69) is 11.9 Å². The fourth-order valence-electron chi connectivity index (χ4n) is 3.51. The van der Waals surface area contributed by atoms with Crippen LogP contribution >= 0.6 is 0 Å². The van der Waals surface area contributed by atoms with Crippen LogP contribution in [0.3, 0.4) is 0 Å². The second-order valence-electron chi connectivity index (χ2n) is 7.52. The Morgan fingerprint density at radius 1 is 1.14 bits per heavy atom. The topological polar surface area (TPSA) is 128 Å². The lowest BCUT2D eigenvalue weighted by Crippen LogP contribution is -2.54. The molecule has 0 aromatic heterocycles. The maximum Gasteiger partial charge on any atom is 0.335 e. The number of allylic oxidation sites excluding steroid dienone is 1. The van der Waals surface area contributed by atoms with Crippen molar-refractivity contribution in [2.24, 2.45) is 0 Å². The molecule has 4 amide bonds. The first-order chi connectivity index (χ1) is 16.8. The number of barbiturate groups is 1. The summed E-state index contributed by atoms with van der Waals surface area (Å²) in [6.45, 7) is 8.42. The molecule has 3 rings (SSSR count). The first kappa shape index (κ1) is 25.2. The first-order valence-corrected chi connectivity index (χ1v) is 11.0. The number of urea groups is 1. The molecule has 1 N–H and O–H groups in total. The van der Waals surface area contributed by atoms with E-state index in [0.717, 1.165) is 18.1 Å². The van der Waals surface area contributed by atoms with Gasteiger partial charge in [-0.1, -0.05) is 19.1 Å². The normalized spacial score (nSPS) is 14.6. The fraction of sp³-hybridized carbons (Fsp3) is 0.240. The van der Waals surface area contributed by atoms with E-state index >= 15 is 0 Å². The number of carbonyl (C=O) groups is 3. The molecule has 2 aromatic carbocycles. The van der Waals surface area contributed by atoms with Crippen LogP contribution < -0.4 is 19.7 Å². The number of carbonyl (C=O) groups excluding carboxylic acids is 3. The zero-order valence-corrected chi connectivity index (χ0v) is 19.4. The molecular formula is C25H25N3O7. The zero-order chi connectivity index (χ0) is 25.5. The van der Waals surface area contributed by atoms with Crippen LogP contribution in [0.1, 0.15) is 31.4 Å². The Bertz CT molecular complexity index is 1220. The molecule has 10 heteroatoms. The average molecular weight is 479 g/mol. The smallest absolute Gasteiger partial charge is 0.335 e. The number of non-ortho nitro benzene ring substituents is 1. The van der Waals surface area contributed by atoms with E-state index < -0.39 is 22.8 Å². The van der Waals surface area contributed by atoms with E-state index in [9.17, 15) is 24.5 Å². The van der Waals surface area contributed by atoms with Crippen molar-refractivity contribution in [1.29, 1.82) is 0 Å². The molecule has 1 aliphatic heterocycles. The molecule has 10 nitrogen and oxygen atoms in total. The Hall–Kier alpha value is -4.47. The lowest BCUT2D eigenvalue weighted by atomic mass is 10.0. The summed E-state index contributed by atoms with van der Waals surface area (Å²) in [5, 5.41) is 13.2. The second-order valence-corrected chi connectivity index (χ2v) is 7.52. The lowest BCUT2D eigenvalue weighted by Gasteiger charge is -2.26. The highest BCUT2D eigenvalue weighted by Gasteiger charge is 2.37. The van der Waals surface area contributed by atoms with Crippen molar-refractivity contribution >= 4 is 35.3 Å². The van der Waals surface area contributed by atoms with Gasteiger partial charge in [-0.05, 0) is 49.6 Å². The Balaban J connectivity index is 2.08. The number of nitrogens with one attached hydrogen (secondary N) is 1. The molecule has 1 aliphatic rings. The van der Waals surface area contributed by atoms with E-state index in [1.165, 1.54) is 24.3 Å². The van der Waals surface area contributed by atoms with Crippen molar-refractivity contribution in [2.45, 2.75) is 26.7 Å². The average Bonchev–Trinajstić information content (AvgIpc) is 2.82. The minimum atomic E-state index is -0.997. The molecule has 1 saturated heterocycles. The molecule has 1 heterocycles. The van der Waals surface area contributed by atoms with Crippen LogP contribution in [0, 0.1) is 10.1 Å². The summed E-state index contributed by atoms with van der Waals surface area (Å²) in [5.74, 6) is -0.781. The lowest BCUT2D eigenvalue weighted by molar-refractivity contribution is -0.384. The summed E-state index contributed by atoms with van der Waals surface area (Å²) < 4.78 is 11.6. The Labute approximate surface area is 202 Å². The van der Waals surface area contributed by atoms with Gasteiger partial charge >= 0.3 is 6.03 Å². The van der Waals surface area contributed by atoms with Crippen LogP contribution in [0.15, 0.2) is 54.6 Å². The van der Waals surface area contributed by atoms with Crippen molar-refractivity contribution in [1.82, 2.24) is 5.32 Å². The van der Waals surface area contributed by atoms with Crippen LogP contribution in [0.5, 0.6) is 11.5 Å². The summed E-state index contributed by atoms with van der Waals surface area (Å²) in [6.07, 6.45) is 4.28. The van der Waals surface area contributed by atoms with Gasteiger partial charge in [0.15, 0.2) is 11.5 Å². The van der Waals surface area contributed by atoms with Gasteiger partial charge < -0.3 is 9.47 Å². The number of anilines is 1. The molecule has 0 unspecified atom stereocenters. The highest BCUT2D eigenvalue weighted by atomic mass is 16.6. The third-order valence-corrected chi connectivity index (χ3v) is 4.98. The Morgan fingerprint density at radius 3 is 2.57 bits per heavy atom. The van der Waals surface area contributed by atoms with Gasteiger partial charge in [-0.3, -0.25) is 25.0 Å². The molecule has 0 radical (unpaired) electrons. The number of rotatable bonds is 10. The molecule has 182 valence electrons. The number of benzene rings is 2. The van der Waals surface area contributed by atoms with E-state index in [1.807, 2.05) is 13.8 Å². The van der Waals surface area contributed by atoms with Crippen LogP contribution in [0.25, 0.3) is 6.08 Å². The number of imide groups is 2. The molecule has 1 fully saturated rings. The SMILES string of the molecule is C=CCc1cc(/C=C2\C(=O)NC(=O)N(c3cccc([N+](=O)[O-])c3)C2=O)cc(OCC)c1OCCC. The van der Waals surface area contributed by atoms with Gasteiger partial charge in [-0.2, -0.15) is 0 Å². The molecule has 0 aliphatic carbocycles. The quantitative estimate of drug-likeness (QED) is 0.178. The van der Waals surface area contributed by atoms with Crippen LogP contribution in [0.4, 0.5) is 16.2 Å². The van der Waals surface area contributed by atoms with E-state index in [-0.39, 0.29) is 16.9 Å². The van der Waals surface area contributed by atoms with Gasteiger partial charge in [0.05, 0.1) is 23.8 Å². The Morgan fingerprint density at radius 2 is 1.91 bits per heavy atom. The summed E-state index contributed by atoms with van der Waals surface area (Å²) >= 11 is 0. The van der Waals surface area contributed by atoms with Gasteiger partial charge in [-0.15, -0.1) is 6.58 Å². The number of amides is 4. The van der Waals surface area contributed by atoms with Gasteiger partial charge in [-0.25, -0.2) is 9.69 Å². The zero-order valence-electron chi connectivity index (χ0n) is 19.4. The largest absolute Gasteiger partial charge is 0.490 e. The van der Waals surface area contributed by atoms with Crippen molar-refractivity contribution in [3.63, 3.8) is 0 Å². The third kappa shape index (κ3) is 5.55. The van der Waals surface area contributed by atoms with Gasteiger partial charge in [0.25, 0.3) is 17.5 Å². The number of hydrogen-bond donors (Lipinski definition) is 1. The fourth-order valence-corrected chi connectivity index (χ4v) is 3.51. The number of nitro groups is 1. The number of nitrogens with zero attached hydrogens (tertiary/aromatic N) is 2. The molecule has 0 bridgehead atoms. The highest BCUT2D eigenvalue weighted by molar-refractivity contribution is 6.39. The minimum Gasteiger partial charge on any atom is -0.490 e. The molecule has 0 saturated carbocycles. The van der Waals surface area contributed by atoms with E-state index in [1.54, 1.807) is 18.2 Å². The summed E-state index contributed by atoms with van der Waals surface area (Å²) in [6, 6.07) is 7.42. The minimum absolute atomic E-state index is 0.0363. The van der Waals surface area contributed by atoms with Crippen molar-refractivity contribution in [3.8, 4) is 11.5 Å². The van der Waals surface area contributed by atoms with E-state index in [0.29, 0.717) is 41.6 Å².